The van der Waals surface area contributed by atoms with Crippen molar-refractivity contribution in [2.75, 3.05) is 31.1 Å². The van der Waals surface area contributed by atoms with Crippen molar-refractivity contribution in [2.24, 2.45) is 23.2 Å². The number of rotatable bonds is 8. The van der Waals surface area contributed by atoms with Crippen LogP contribution in [0.2, 0.25) is 0 Å². The van der Waals surface area contributed by atoms with E-state index in [-0.39, 0.29) is 29.4 Å². The van der Waals surface area contributed by atoms with Crippen LogP contribution in [0, 0.1) is 23.2 Å². The number of hydrogen-bond acceptors (Lipinski definition) is 7. The average Bonchev–Trinajstić information content (AvgIpc) is 3.70. The summed E-state index contributed by atoms with van der Waals surface area (Å²) in [5, 5.41) is 10.8. The van der Waals surface area contributed by atoms with Crippen LogP contribution in [0.4, 0.5) is 10.5 Å². The van der Waals surface area contributed by atoms with Crippen molar-refractivity contribution < 1.29 is 19.4 Å². The molecule has 1 aromatic carbocycles. The summed E-state index contributed by atoms with van der Waals surface area (Å²) >= 11 is 1.79. The first-order valence-corrected chi connectivity index (χ1v) is 19.0. The zero-order chi connectivity index (χ0) is 32.8. The Labute approximate surface area is 288 Å². The van der Waals surface area contributed by atoms with Crippen LogP contribution in [0.15, 0.2) is 66.7 Å². The summed E-state index contributed by atoms with van der Waals surface area (Å²) in [4.78, 5) is 38.9. The summed E-state index contributed by atoms with van der Waals surface area (Å²) in [7, 11) is 0. The van der Waals surface area contributed by atoms with E-state index in [2.05, 4.69) is 71.5 Å². The molecule has 2 aromatic rings. The summed E-state index contributed by atoms with van der Waals surface area (Å²) in [6.07, 6.45) is 22.2. The van der Waals surface area contributed by atoms with E-state index >= 15 is 0 Å². The van der Waals surface area contributed by atoms with Gasteiger partial charge in [-0.05, 0) is 106 Å². The van der Waals surface area contributed by atoms with Crippen molar-refractivity contribution in [3.8, 4) is 10.4 Å². The van der Waals surface area contributed by atoms with Crippen LogP contribution < -0.4 is 4.90 Å². The molecule has 9 heteroatoms. The smallest absolute Gasteiger partial charge is 0.410 e. The van der Waals surface area contributed by atoms with E-state index in [0.29, 0.717) is 56.5 Å². The van der Waals surface area contributed by atoms with Gasteiger partial charge in [-0.1, -0.05) is 31.2 Å². The van der Waals surface area contributed by atoms with Crippen LogP contribution in [-0.4, -0.2) is 70.3 Å². The van der Waals surface area contributed by atoms with E-state index in [0.717, 1.165) is 37.2 Å². The average molecular weight is 669 g/mol. The van der Waals surface area contributed by atoms with Gasteiger partial charge in [0.2, 0.25) is 5.91 Å². The second-order valence-electron chi connectivity index (χ2n) is 15.4. The maximum atomic E-state index is 14.5. The summed E-state index contributed by atoms with van der Waals surface area (Å²) in [6, 6.07) is 8.54. The van der Waals surface area contributed by atoms with E-state index in [1.165, 1.54) is 41.3 Å². The highest BCUT2D eigenvalue weighted by atomic mass is 32.1. The number of nitrogens with zero attached hydrogens (tertiary/aromatic N) is 4. The number of fused-ring (bicyclic) bond motifs is 1. The van der Waals surface area contributed by atoms with Crippen LogP contribution in [0.25, 0.3) is 10.4 Å². The number of carbonyl (C=O) groups is 2. The van der Waals surface area contributed by atoms with E-state index in [4.69, 9.17) is 9.72 Å². The first-order valence-electron chi connectivity index (χ1n) is 18.2. The highest BCUT2D eigenvalue weighted by Crippen LogP contribution is 2.47. The molecule has 4 heterocycles. The van der Waals surface area contributed by atoms with Gasteiger partial charge < -0.3 is 24.5 Å². The second-order valence-corrected chi connectivity index (χ2v) is 16.4. The van der Waals surface area contributed by atoms with Crippen LogP contribution in [-0.2, 0) is 9.53 Å². The molecule has 254 valence electrons. The second kappa shape index (κ2) is 13.1. The molecule has 0 radical (unpaired) electrons. The summed E-state index contributed by atoms with van der Waals surface area (Å²) in [5.41, 5.74) is 3.61. The number of anilines is 1. The Morgan fingerprint density at radius 1 is 1.04 bits per heavy atom. The quantitative estimate of drug-likeness (QED) is 0.314. The molecule has 4 fully saturated rings. The molecule has 3 aliphatic heterocycles. The number of β-amino-alcohol motifs (C(OH)–C–C–N with tert-alkyl or cyclic N) is 1. The number of aliphatic hydroxyl groups is 1. The monoisotopic (exact) mass is 668 g/mol. The fourth-order valence-electron chi connectivity index (χ4n) is 8.58. The Morgan fingerprint density at radius 3 is 2.56 bits per heavy atom. The molecule has 1 atom stereocenters. The predicted octanol–water partition coefficient (Wildman–Crippen LogP) is 7.49. The maximum absolute atomic E-state index is 14.5. The third kappa shape index (κ3) is 6.60. The Hall–Kier alpha value is -3.43. The van der Waals surface area contributed by atoms with E-state index in [1.807, 2.05) is 6.20 Å². The standard InChI is InChI=1S/C39H48N4O4S/c1-39(20-32-6-2-3-18-41(32)25-39)30-14-8-26(9-15-30)22-43(31-7-4-5-29(19-31)35-21-40-36(48-35)27-10-11-27)37(45)28-12-16-34(17-13-28)47-38(46)42-23-33(44)24-42/h2-7,18-21,26-28,30,33-34,44H,8-17,22-25H2,1H3. The van der Waals surface area contributed by atoms with Gasteiger partial charge in [0.1, 0.15) is 6.10 Å². The normalized spacial score (nSPS) is 30.1. The van der Waals surface area contributed by atoms with Gasteiger partial charge in [0.15, 0.2) is 0 Å². The van der Waals surface area contributed by atoms with Crippen molar-refractivity contribution >= 4 is 29.0 Å². The summed E-state index contributed by atoms with van der Waals surface area (Å²) in [6.45, 7) is 4.91. The molecule has 8 nitrogen and oxygen atoms in total. The van der Waals surface area contributed by atoms with Gasteiger partial charge in [-0.3, -0.25) is 4.79 Å². The lowest BCUT2D eigenvalue weighted by atomic mass is 9.68. The van der Waals surface area contributed by atoms with Gasteiger partial charge in [0.25, 0.3) is 0 Å². The third-order valence-electron chi connectivity index (χ3n) is 11.8. The molecule has 8 rings (SSSR count). The largest absolute Gasteiger partial charge is 0.446 e. The number of ether oxygens (including phenoxy) is 1. The number of benzene rings is 1. The summed E-state index contributed by atoms with van der Waals surface area (Å²) in [5.74, 6) is 1.85. The first kappa shape index (κ1) is 31.8. The fourth-order valence-corrected chi connectivity index (χ4v) is 9.67. The van der Waals surface area contributed by atoms with Gasteiger partial charge in [0.05, 0.1) is 29.1 Å². The number of aromatic nitrogens is 1. The first-order chi connectivity index (χ1) is 23.3. The van der Waals surface area contributed by atoms with Crippen LogP contribution in [0.1, 0.15) is 82.1 Å². The molecular weight excluding hydrogens is 621 g/mol. The van der Waals surface area contributed by atoms with Crippen LogP contribution in [0.3, 0.4) is 0 Å². The lowest BCUT2D eigenvalue weighted by Crippen LogP contribution is -2.54. The van der Waals surface area contributed by atoms with Gasteiger partial charge in [-0.25, -0.2) is 9.78 Å². The molecule has 1 unspecified atom stereocenters. The minimum absolute atomic E-state index is 0.0850. The minimum atomic E-state index is -0.443. The van der Waals surface area contributed by atoms with E-state index in [9.17, 15) is 14.7 Å². The number of thiazole rings is 1. The van der Waals surface area contributed by atoms with E-state index in [1.54, 1.807) is 16.2 Å². The molecule has 2 amide bonds. The molecule has 6 aliphatic rings. The highest BCUT2D eigenvalue weighted by Gasteiger charge is 2.42. The SMILES string of the molecule is CC1(C2CCC(CN(C(=O)C3CCC(OC(=O)N4CC(O)C4)CC3)c3cccc(-c4cnc(C5CC5)s4)c3)CC2)C=C2C=CC=CN2C1. The molecule has 1 saturated heterocycles. The van der Waals surface area contributed by atoms with Crippen molar-refractivity contribution in [2.45, 2.75) is 89.3 Å². The van der Waals surface area contributed by atoms with Crippen molar-refractivity contribution in [1.29, 1.82) is 0 Å². The van der Waals surface area contributed by atoms with Gasteiger partial charge >= 0.3 is 6.09 Å². The van der Waals surface area contributed by atoms with E-state index < -0.39 is 6.10 Å². The van der Waals surface area contributed by atoms with Gasteiger partial charge in [-0.15, -0.1) is 11.3 Å². The van der Waals surface area contributed by atoms with Crippen molar-refractivity contribution in [1.82, 2.24) is 14.8 Å². The molecule has 48 heavy (non-hydrogen) atoms. The maximum Gasteiger partial charge on any atom is 0.410 e. The number of amides is 2. The molecule has 1 aromatic heterocycles. The summed E-state index contributed by atoms with van der Waals surface area (Å²) < 4.78 is 5.75. The lowest BCUT2D eigenvalue weighted by Gasteiger charge is -2.40. The number of aliphatic hydroxyl groups excluding tert-OH is 1. The molecule has 3 aliphatic carbocycles. The van der Waals surface area contributed by atoms with Gasteiger partial charge in [0, 0.05) is 54.1 Å². The van der Waals surface area contributed by atoms with Gasteiger partial charge in [-0.2, -0.15) is 0 Å². The lowest BCUT2D eigenvalue weighted by molar-refractivity contribution is -0.124. The number of hydrogen-bond donors (Lipinski definition) is 1. The molecular formula is C39H48N4O4S. The Kier molecular flexibility index (Phi) is 8.70. The zero-order valence-electron chi connectivity index (χ0n) is 28.0. The third-order valence-corrected chi connectivity index (χ3v) is 13.0. The van der Waals surface area contributed by atoms with Crippen molar-refractivity contribution in [3.63, 3.8) is 0 Å². The number of likely N-dealkylation sites (tertiary alicyclic amines) is 1. The Balaban J connectivity index is 0.955. The highest BCUT2D eigenvalue weighted by molar-refractivity contribution is 7.15. The topological polar surface area (TPSA) is 86.2 Å². The minimum Gasteiger partial charge on any atom is -0.446 e. The van der Waals surface area contributed by atoms with Crippen LogP contribution >= 0.6 is 11.3 Å². The number of carbonyl (C=O) groups excluding carboxylic acids is 2. The predicted molar refractivity (Wildman–Crippen MR) is 188 cm³/mol. The molecule has 1 N–H and O–H groups in total. The molecule has 3 saturated carbocycles. The molecule has 0 spiro atoms. The number of allylic oxidation sites excluding steroid dienone is 3. The fraction of sp³-hybridized carbons (Fsp3) is 0.564. The molecule has 0 bridgehead atoms. The van der Waals surface area contributed by atoms with Crippen LogP contribution in [0.5, 0.6) is 0 Å². The van der Waals surface area contributed by atoms with Crippen molar-refractivity contribution in [3.05, 3.63) is 71.7 Å². The Morgan fingerprint density at radius 2 is 1.83 bits per heavy atom. The Bertz CT molecular complexity index is 1610. The zero-order valence-corrected chi connectivity index (χ0v) is 28.8.